The number of halogens is 2. The zero-order valence-electron chi connectivity index (χ0n) is 10.2. The van der Waals surface area contributed by atoms with Gasteiger partial charge in [0.1, 0.15) is 5.75 Å². The van der Waals surface area contributed by atoms with Crippen LogP contribution in [0.2, 0.25) is 5.02 Å². The summed E-state index contributed by atoms with van der Waals surface area (Å²) in [6.45, 7) is 2.40. The van der Waals surface area contributed by atoms with Crippen molar-refractivity contribution in [2.45, 2.75) is 6.92 Å². The maximum Gasteiger partial charge on any atom is 0.196 e. The number of carbonyl (C=O) groups excluding carboxylic acids is 1. The van der Waals surface area contributed by atoms with Crippen molar-refractivity contribution in [1.82, 2.24) is 4.98 Å². The number of nitrogens with zero attached hydrogens (tertiary/aromatic N) is 1. The molecule has 0 aliphatic heterocycles. The van der Waals surface area contributed by atoms with Gasteiger partial charge in [0.2, 0.25) is 0 Å². The van der Waals surface area contributed by atoms with E-state index in [1.807, 2.05) is 6.92 Å². The number of ketones is 1. The molecule has 0 amide bonds. The van der Waals surface area contributed by atoms with Crippen molar-refractivity contribution in [1.29, 1.82) is 0 Å². The van der Waals surface area contributed by atoms with Crippen molar-refractivity contribution >= 4 is 33.3 Å². The third kappa shape index (κ3) is 3.33. The molecule has 0 spiro atoms. The third-order valence-corrected chi connectivity index (χ3v) is 3.27. The Bertz CT molecular complexity index is 616. The van der Waals surface area contributed by atoms with Crippen LogP contribution in [0.3, 0.4) is 0 Å². The maximum atomic E-state index is 12.3. The molecule has 0 radical (unpaired) electrons. The van der Waals surface area contributed by atoms with Gasteiger partial charge in [-0.2, -0.15) is 0 Å². The Morgan fingerprint density at radius 1 is 1.37 bits per heavy atom. The molecule has 0 saturated heterocycles. The van der Waals surface area contributed by atoms with E-state index in [0.717, 1.165) is 4.47 Å². The largest absolute Gasteiger partial charge is 0.492 e. The average molecular weight is 341 g/mol. The standard InChI is InChI=1S/C14H11BrClNO2/c1-2-19-11-5-9(7-17-8-11)14(18)12-4-3-10(15)6-13(12)16/h3-8H,2H2,1H3. The molecule has 3 nitrogen and oxygen atoms in total. The molecule has 0 N–H and O–H groups in total. The minimum atomic E-state index is -0.174. The van der Waals surface area contributed by atoms with Crippen molar-refractivity contribution in [2.75, 3.05) is 6.61 Å². The Hall–Kier alpha value is -1.39. The predicted octanol–water partition coefficient (Wildman–Crippen LogP) is 4.13. The first kappa shape index (κ1) is 14.0. The lowest BCUT2D eigenvalue weighted by Gasteiger charge is -2.06. The van der Waals surface area contributed by atoms with E-state index >= 15 is 0 Å². The lowest BCUT2D eigenvalue weighted by atomic mass is 10.1. The van der Waals surface area contributed by atoms with Gasteiger partial charge in [-0.1, -0.05) is 27.5 Å². The smallest absolute Gasteiger partial charge is 0.196 e. The van der Waals surface area contributed by atoms with E-state index in [2.05, 4.69) is 20.9 Å². The van der Waals surface area contributed by atoms with Gasteiger partial charge in [0.15, 0.2) is 5.78 Å². The van der Waals surface area contributed by atoms with Crippen LogP contribution in [0.5, 0.6) is 5.75 Å². The van der Waals surface area contributed by atoms with Gasteiger partial charge in [-0.05, 0) is 31.2 Å². The van der Waals surface area contributed by atoms with Gasteiger partial charge in [0, 0.05) is 21.8 Å². The van der Waals surface area contributed by atoms with Crippen molar-refractivity contribution in [3.05, 3.63) is 57.3 Å². The molecule has 98 valence electrons. The number of hydrogen-bond acceptors (Lipinski definition) is 3. The molecular weight excluding hydrogens is 330 g/mol. The second kappa shape index (κ2) is 6.17. The van der Waals surface area contributed by atoms with E-state index in [9.17, 15) is 4.79 Å². The fourth-order valence-electron chi connectivity index (χ4n) is 1.62. The number of benzene rings is 1. The number of aromatic nitrogens is 1. The first-order valence-corrected chi connectivity index (χ1v) is 6.86. The number of carbonyl (C=O) groups is 1. The van der Waals surface area contributed by atoms with Gasteiger partial charge in [0.25, 0.3) is 0 Å². The Morgan fingerprint density at radius 2 is 2.16 bits per heavy atom. The molecule has 19 heavy (non-hydrogen) atoms. The minimum Gasteiger partial charge on any atom is -0.492 e. The van der Waals surface area contributed by atoms with Gasteiger partial charge in [-0.15, -0.1) is 0 Å². The van der Waals surface area contributed by atoms with Gasteiger partial charge >= 0.3 is 0 Å². The van der Waals surface area contributed by atoms with Gasteiger partial charge < -0.3 is 4.74 Å². The average Bonchev–Trinajstić information content (AvgIpc) is 2.39. The van der Waals surface area contributed by atoms with Crippen molar-refractivity contribution < 1.29 is 9.53 Å². The minimum absolute atomic E-state index is 0.174. The van der Waals surface area contributed by atoms with Gasteiger partial charge in [0.05, 0.1) is 17.8 Å². The van der Waals surface area contributed by atoms with E-state index in [0.29, 0.717) is 28.5 Å². The molecule has 1 aromatic heterocycles. The molecule has 0 bridgehead atoms. The molecule has 0 fully saturated rings. The third-order valence-electron chi connectivity index (χ3n) is 2.46. The topological polar surface area (TPSA) is 39.2 Å². The van der Waals surface area contributed by atoms with Gasteiger partial charge in [-0.25, -0.2) is 0 Å². The summed E-state index contributed by atoms with van der Waals surface area (Å²) in [6.07, 6.45) is 3.08. The number of rotatable bonds is 4. The number of hydrogen-bond donors (Lipinski definition) is 0. The lowest BCUT2D eigenvalue weighted by molar-refractivity contribution is 0.103. The molecule has 1 aromatic carbocycles. The molecule has 0 aliphatic carbocycles. The van der Waals surface area contributed by atoms with Crippen LogP contribution < -0.4 is 4.74 Å². The Kier molecular flexibility index (Phi) is 4.56. The van der Waals surface area contributed by atoms with E-state index in [-0.39, 0.29) is 5.78 Å². The highest BCUT2D eigenvalue weighted by atomic mass is 79.9. The summed E-state index contributed by atoms with van der Waals surface area (Å²) in [5.41, 5.74) is 0.899. The molecule has 5 heteroatoms. The first-order valence-electron chi connectivity index (χ1n) is 5.69. The van der Waals surface area contributed by atoms with Crippen LogP contribution in [0.15, 0.2) is 41.1 Å². The highest BCUT2D eigenvalue weighted by molar-refractivity contribution is 9.10. The predicted molar refractivity (Wildman–Crippen MR) is 78.0 cm³/mol. The van der Waals surface area contributed by atoms with Crippen LogP contribution >= 0.6 is 27.5 Å². The van der Waals surface area contributed by atoms with Gasteiger partial charge in [-0.3, -0.25) is 9.78 Å². The summed E-state index contributed by atoms with van der Waals surface area (Å²) in [5, 5.41) is 0.404. The maximum absolute atomic E-state index is 12.3. The SMILES string of the molecule is CCOc1cncc(C(=O)c2ccc(Br)cc2Cl)c1. The first-order chi connectivity index (χ1) is 9.11. The number of pyridine rings is 1. The van der Waals surface area contributed by atoms with Crippen LogP contribution in [0.25, 0.3) is 0 Å². The number of ether oxygens (including phenoxy) is 1. The second-order valence-corrected chi connectivity index (χ2v) is 5.12. The summed E-state index contributed by atoms with van der Waals surface area (Å²) in [4.78, 5) is 16.3. The zero-order chi connectivity index (χ0) is 13.8. The summed E-state index contributed by atoms with van der Waals surface area (Å²) >= 11 is 9.38. The van der Waals surface area contributed by atoms with E-state index < -0.39 is 0 Å². The zero-order valence-corrected chi connectivity index (χ0v) is 12.5. The van der Waals surface area contributed by atoms with Crippen molar-refractivity contribution in [3.63, 3.8) is 0 Å². The molecule has 2 aromatic rings. The molecule has 2 rings (SSSR count). The Morgan fingerprint density at radius 3 is 2.84 bits per heavy atom. The summed E-state index contributed by atoms with van der Waals surface area (Å²) in [5.74, 6) is 0.396. The van der Waals surface area contributed by atoms with Crippen LogP contribution in [0.1, 0.15) is 22.8 Å². The normalized spacial score (nSPS) is 10.3. The van der Waals surface area contributed by atoms with Crippen molar-refractivity contribution in [3.8, 4) is 5.75 Å². The molecule has 1 heterocycles. The Balaban J connectivity index is 2.35. The molecule has 0 saturated carbocycles. The highest BCUT2D eigenvalue weighted by Gasteiger charge is 2.14. The summed E-state index contributed by atoms with van der Waals surface area (Å²) in [7, 11) is 0. The van der Waals surface area contributed by atoms with Crippen LogP contribution in [-0.2, 0) is 0 Å². The van der Waals surface area contributed by atoms with Crippen LogP contribution in [0, 0.1) is 0 Å². The molecule has 0 atom stereocenters. The van der Waals surface area contributed by atoms with E-state index in [1.54, 1.807) is 30.5 Å². The Labute approximate surface area is 124 Å². The van der Waals surface area contributed by atoms with E-state index in [1.165, 1.54) is 6.20 Å². The van der Waals surface area contributed by atoms with Crippen molar-refractivity contribution in [2.24, 2.45) is 0 Å². The highest BCUT2D eigenvalue weighted by Crippen LogP contribution is 2.24. The molecule has 0 unspecified atom stereocenters. The van der Waals surface area contributed by atoms with Crippen LogP contribution in [-0.4, -0.2) is 17.4 Å². The fraction of sp³-hybridized carbons (Fsp3) is 0.143. The monoisotopic (exact) mass is 339 g/mol. The fourth-order valence-corrected chi connectivity index (χ4v) is 2.38. The summed E-state index contributed by atoms with van der Waals surface area (Å²) < 4.78 is 6.16. The molecular formula is C14H11BrClNO2. The second-order valence-electron chi connectivity index (χ2n) is 3.80. The van der Waals surface area contributed by atoms with Crippen LogP contribution in [0.4, 0.5) is 0 Å². The lowest BCUT2D eigenvalue weighted by Crippen LogP contribution is -2.04. The quantitative estimate of drug-likeness (QED) is 0.786. The van der Waals surface area contributed by atoms with E-state index in [4.69, 9.17) is 16.3 Å². The summed E-state index contributed by atoms with van der Waals surface area (Å²) in [6, 6.07) is 6.81. The molecule has 0 aliphatic rings.